The van der Waals surface area contributed by atoms with Gasteiger partial charge in [0.1, 0.15) is 0 Å². The molecule has 0 aliphatic heterocycles. The van der Waals surface area contributed by atoms with Gasteiger partial charge in [-0.05, 0) is 100 Å². The summed E-state index contributed by atoms with van der Waals surface area (Å²) in [5.41, 5.74) is -0.866. The lowest BCUT2D eigenvalue weighted by Gasteiger charge is -2.41. The van der Waals surface area contributed by atoms with E-state index in [2.05, 4.69) is 14.7 Å². The van der Waals surface area contributed by atoms with Gasteiger partial charge >= 0.3 is 0 Å². The van der Waals surface area contributed by atoms with Gasteiger partial charge in [0.15, 0.2) is 0 Å². The summed E-state index contributed by atoms with van der Waals surface area (Å²) < 4.78 is 0. The average molecular weight is 334 g/mol. The first-order valence-electron chi connectivity index (χ1n) is 8.61. The van der Waals surface area contributed by atoms with Crippen molar-refractivity contribution in [2.24, 2.45) is 5.41 Å². The third-order valence-electron chi connectivity index (χ3n) is 4.49. The fourth-order valence-corrected chi connectivity index (χ4v) is 3.08. The van der Waals surface area contributed by atoms with Crippen LogP contribution in [0.4, 0.5) is 0 Å². The number of aliphatic hydroxyl groups is 3. The first kappa shape index (κ1) is 22.8. The largest absolute Gasteiger partial charge is 0.343 e. The highest BCUT2D eigenvalue weighted by atomic mass is 16.7. The van der Waals surface area contributed by atoms with E-state index in [-0.39, 0.29) is 0 Å². The van der Waals surface area contributed by atoms with E-state index in [1.807, 2.05) is 42.3 Å². The van der Waals surface area contributed by atoms with E-state index in [0.29, 0.717) is 19.3 Å². The summed E-state index contributed by atoms with van der Waals surface area (Å²) in [7, 11) is 12.0. The lowest BCUT2D eigenvalue weighted by Crippen LogP contribution is -2.49. The van der Waals surface area contributed by atoms with Gasteiger partial charge in [-0.3, -0.25) is 0 Å². The molecule has 0 aliphatic rings. The summed E-state index contributed by atoms with van der Waals surface area (Å²) in [5.74, 6) is -2.63. The van der Waals surface area contributed by atoms with E-state index >= 15 is 0 Å². The van der Waals surface area contributed by atoms with E-state index < -0.39 is 11.4 Å². The van der Waals surface area contributed by atoms with Crippen molar-refractivity contribution < 1.29 is 15.3 Å². The average Bonchev–Trinajstić information content (AvgIpc) is 2.35. The van der Waals surface area contributed by atoms with Gasteiger partial charge in [0.25, 0.3) is 5.97 Å². The molecule has 0 aromatic carbocycles. The van der Waals surface area contributed by atoms with Crippen molar-refractivity contribution in [1.29, 1.82) is 0 Å². The summed E-state index contributed by atoms with van der Waals surface area (Å²) in [5, 5.41) is 30.3. The predicted molar refractivity (Wildman–Crippen MR) is 95.2 cm³/mol. The molecule has 0 heterocycles. The minimum absolute atomic E-state index is 0.607. The Morgan fingerprint density at radius 3 is 1.00 bits per heavy atom. The van der Waals surface area contributed by atoms with Crippen LogP contribution in [0, 0.1) is 5.41 Å². The van der Waals surface area contributed by atoms with Crippen molar-refractivity contribution in [3.63, 3.8) is 0 Å². The zero-order chi connectivity index (χ0) is 18.1. The molecule has 6 nitrogen and oxygen atoms in total. The van der Waals surface area contributed by atoms with Crippen LogP contribution in [0.25, 0.3) is 0 Å². The van der Waals surface area contributed by atoms with Gasteiger partial charge in [0, 0.05) is 0 Å². The molecule has 0 amide bonds. The minimum Gasteiger partial charge on any atom is -0.343 e. The molecule has 0 aromatic rings. The molecule has 3 N–H and O–H groups in total. The number of nitrogens with zero attached hydrogens (tertiary/aromatic N) is 3. The van der Waals surface area contributed by atoms with Crippen molar-refractivity contribution in [1.82, 2.24) is 14.7 Å². The molecule has 0 saturated heterocycles. The van der Waals surface area contributed by atoms with Crippen LogP contribution in [0.2, 0.25) is 0 Å². The highest BCUT2D eigenvalue weighted by Gasteiger charge is 2.47. The van der Waals surface area contributed by atoms with Gasteiger partial charge in [-0.1, -0.05) is 0 Å². The van der Waals surface area contributed by atoms with E-state index in [1.54, 1.807) is 0 Å². The molecule has 140 valence electrons. The molecule has 0 bridgehead atoms. The Hall–Kier alpha value is -0.240. The fraction of sp³-hybridized carbons (Fsp3) is 1.00. The van der Waals surface area contributed by atoms with Crippen molar-refractivity contribution >= 4 is 0 Å². The zero-order valence-electron chi connectivity index (χ0n) is 16.0. The second-order valence-corrected chi connectivity index (χ2v) is 7.64. The SMILES string of the molecule is CN(C)CCCC(CCCN(C)C)(CCCN(C)C)C(O)(O)O. The third kappa shape index (κ3) is 9.59. The Labute approximate surface area is 142 Å². The first-order valence-corrected chi connectivity index (χ1v) is 8.61. The van der Waals surface area contributed by atoms with E-state index in [9.17, 15) is 15.3 Å². The highest BCUT2D eigenvalue weighted by Crippen LogP contribution is 2.42. The van der Waals surface area contributed by atoms with E-state index in [0.717, 1.165) is 38.9 Å². The molecule has 0 atom stereocenters. The topological polar surface area (TPSA) is 70.4 Å². The molecule has 0 aliphatic carbocycles. The fourth-order valence-electron chi connectivity index (χ4n) is 3.08. The molecule has 0 unspecified atom stereocenters. The molecule has 6 heteroatoms. The molecule has 0 fully saturated rings. The number of hydrogen-bond donors (Lipinski definition) is 3. The summed E-state index contributed by atoms with van der Waals surface area (Å²) in [6.45, 7) is 2.62. The number of hydrogen-bond acceptors (Lipinski definition) is 6. The van der Waals surface area contributed by atoms with Crippen LogP contribution < -0.4 is 0 Å². The van der Waals surface area contributed by atoms with E-state index in [1.165, 1.54) is 0 Å². The molecule has 0 rings (SSSR count). The first-order chi connectivity index (χ1) is 10.5. The molecule has 0 saturated carbocycles. The van der Waals surface area contributed by atoms with Crippen LogP contribution in [0.1, 0.15) is 38.5 Å². The molecule has 0 spiro atoms. The van der Waals surface area contributed by atoms with Crippen molar-refractivity contribution in [3.8, 4) is 0 Å². The van der Waals surface area contributed by atoms with Gasteiger partial charge in [0.2, 0.25) is 0 Å². The Morgan fingerprint density at radius 2 is 0.826 bits per heavy atom. The molecule has 0 aromatic heterocycles. The van der Waals surface area contributed by atoms with Crippen molar-refractivity contribution in [2.75, 3.05) is 61.9 Å². The molecule has 23 heavy (non-hydrogen) atoms. The van der Waals surface area contributed by atoms with Crippen molar-refractivity contribution in [3.05, 3.63) is 0 Å². The van der Waals surface area contributed by atoms with Crippen LogP contribution in [0.5, 0.6) is 0 Å². The van der Waals surface area contributed by atoms with Crippen molar-refractivity contribution in [2.45, 2.75) is 44.5 Å². The Balaban J connectivity index is 4.95. The van der Waals surface area contributed by atoms with Gasteiger partial charge in [-0.15, -0.1) is 0 Å². The van der Waals surface area contributed by atoms with E-state index in [4.69, 9.17) is 0 Å². The number of rotatable bonds is 13. The minimum atomic E-state index is -2.63. The molecule has 0 radical (unpaired) electrons. The van der Waals surface area contributed by atoms with Gasteiger partial charge in [-0.25, -0.2) is 0 Å². The second-order valence-electron chi connectivity index (χ2n) is 7.64. The zero-order valence-corrected chi connectivity index (χ0v) is 16.0. The van der Waals surface area contributed by atoms with Gasteiger partial charge < -0.3 is 30.0 Å². The Kier molecular flexibility index (Phi) is 10.5. The van der Waals surface area contributed by atoms with Gasteiger partial charge in [-0.2, -0.15) is 0 Å². The lowest BCUT2D eigenvalue weighted by atomic mass is 9.72. The summed E-state index contributed by atoms with van der Waals surface area (Å²) in [6.07, 6.45) is 4.32. The summed E-state index contributed by atoms with van der Waals surface area (Å²) in [4.78, 5) is 6.24. The predicted octanol–water partition coefficient (Wildman–Crippen LogP) is 0.629. The monoisotopic (exact) mass is 333 g/mol. The maximum absolute atomic E-state index is 10.1. The lowest BCUT2D eigenvalue weighted by molar-refractivity contribution is -0.380. The summed E-state index contributed by atoms with van der Waals surface area (Å²) in [6, 6.07) is 0. The maximum Gasteiger partial charge on any atom is 0.281 e. The summed E-state index contributed by atoms with van der Waals surface area (Å²) >= 11 is 0. The Morgan fingerprint density at radius 1 is 0.565 bits per heavy atom. The molecular weight excluding hydrogens is 294 g/mol. The smallest absolute Gasteiger partial charge is 0.281 e. The van der Waals surface area contributed by atoms with Crippen LogP contribution in [-0.2, 0) is 0 Å². The second kappa shape index (κ2) is 10.6. The normalized spacial score (nSPS) is 13.6. The quantitative estimate of drug-likeness (QED) is 0.430. The molecular formula is C17H39N3O3. The van der Waals surface area contributed by atoms with Crippen LogP contribution in [-0.4, -0.2) is 97.9 Å². The standard InChI is InChI=1S/C17H39N3O3/c1-18(2)13-7-10-16(17(21,22)23,11-8-14-19(3)4)12-9-15-20(5)6/h21-23H,7-15H2,1-6H3. The maximum atomic E-state index is 10.1. The van der Waals surface area contributed by atoms with Crippen LogP contribution in [0.15, 0.2) is 0 Å². The van der Waals surface area contributed by atoms with Gasteiger partial charge in [0.05, 0.1) is 5.41 Å². The third-order valence-corrected chi connectivity index (χ3v) is 4.49. The Bertz CT molecular complexity index is 266. The highest BCUT2D eigenvalue weighted by molar-refractivity contribution is 4.86. The van der Waals surface area contributed by atoms with Crippen LogP contribution in [0.3, 0.4) is 0 Å². The van der Waals surface area contributed by atoms with Crippen LogP contribution >= 0.6 is 0 Å².